The van der Waals surface area contributed by atoms with E-state index in [0.29, 0.717) is 18.7 Å². The fourth-order valence-corrected chi connectivity index (χ4v) is 3.29. The molecule has 5 nitrogen and oxygen atoms in total. The minimum absolute atomic E-state index is 0.0336. The molecule has 0 aromatic heterocycles. The predicted molar refractivity (Wildman–Crippen MR) is 105 cm³/mol. The molecule has 2 aromatic carbocycles. The average Bonchev–Trinajstić information content (AvgIpc) is 3.11. The van der Waals surface area contributed by atoms with E-state index in [4.69, 9.17) is 0 Å². The van der Waals surface area contributed by atoms with Crippen LogP contribution in [0, 0.1) is 0 Å². The van der Waals surface area contributed by atoms with Crippen LogP contribution in [0.5, 0.6) is 0 Å². The van der Waals surface area contributed by atoms with Gasteiger partial charge < -0.3 is 15.1 Å². The van der Waals surface area contributed by atoms with E-state index in [2.05, 4.69) is 11.4 Å². The van der Waals surface area contributed by atoms with Gasteiger partial charge in [-0.25, -0.2) is 0 Å². The van der Waals surface area contributed by atoms with Crippen LogP contribution in [0.1, 0.15) is 29.8 Å². The molecule has 0 radical (unpaired) electrons. The maximum Gasteiger partial charge on any atom is 0.253 e. The van der Waals surface area contributed by atoms with Gasteiger partial charge in [0, 0.05) is 36.6 Å². The van der Waals surface area contributed by atoms with E-state index in [9.17, 15) is 9.59 Å². The van der Waals surface area contributed by atoms with Gasteiger partial charge in [-0.15, -0.1) is 0 Å². The number of carbonyl (C=O) groups excluding carboxylic acids is 2. The first kappa shape index (κ1) is 18.0. The van der Waals surface area contributed by atoms with Gasteiger partial charge in [-0.2, -0.15) is 0 Å². The first-order valence-corrected chi connectivity index (χ1v) is 9.15. The maximum atomic E-state index is 12.5. The lowest BCUT2D eigenvalue weighted by Crippen LogP contribution is -2.34. The van der Waals surface area contributed by atoms with E-state index in [1.807, 2.05) is 49.1 Å². The zero-order chi connectivity index (χ0) is 18.5. The molecule has 0 spiro atoms. The number of hydrogen-bond acceptors (Lipinski definition) is 3. The minimum atomic E-state index is 0.0336. The third-order valence-electron chi connectivity index (χ3n) is 4.81. The van der Waals surface area contributed by atoms with Gasteiger partial charge in [0.05, 0.1) is 6.54 Å². The Balaban J connectivity index is 1.59. The van der Waals surface area contributed by atoms with Crippen LogP contribution >= 0.6 is 0 Å². The van der Waals surface area contributed by atoms with Crippen LogP contribution < -0.4 is 10.2 Å². The van der Waals surface area contributed by atoms with Gasteiger partial charge in [0.25, 0.3) is 5.91 Å². The van der Waals surface area contributed by atoms with E-state index >= 15 is 0 Å². The van der Waals surface area contributed by atoms with Gasteiger partial charge >= 0.3 is 0 Å². The molecule has 136 valence electrons. The van der Waals surface area contributed by atoms with Crippen LogP contribution in [0.15, 0.2) is 48.5 Å². The zero-order valence-corrected chi connectivity index (χ0v) is 15.4. The average molecular weight is 351 g/mol. The molecular weight excluding hydrogens is 326 g/mol. The number of hydrogen-bond donors (Lipinski definition) is 1. The summed E-state index contributed by atoms with van der Waals surface area (Å²) in [7, 11) is 0. The molecule has 2 amide bonds. The fraction of sp³-hybridized carbons (Fsp3) is 0.333. The smallest absolute Gasteiger partial charge is 0.253 e. The monoisotopic (exact) mass is 351 g/mol. The summed E-state index contributed by atoms with van der Waals surface area (Å²) in [5.74, 6) is 0.0875. The van der Waals surface area contributed by atoms with Crippen molar-refractivity contribution in [3.63, 3.8) is 0 Å². The van der Waals surface area contributed by atoms with E-state index in [0.717, 1.165) is 24.3 Å². The van der Waals surface area contributed by atoms with Gasteiger partial charge in [0.1, 0.15) is 0 Å². The van der Waals surface area contributed by atoms with Gasteiger partial charge in [-0.3, -0.25) is 9.59 Å². The van der Waals surface area contributed by atoms with Crippen molar-refractivity contribution in [3.8, 4) is 0 Å². The minimum Gasteiger partial charge on any atom is -0.376 e. The Kier molecular flexibility index (Phi) is 5.56. The van der Waals surface area contributed by atoms with Crippen LogP contribution in [0.4, 0.5) is 11.4 Å². The molecule has 0 unspecified atom stereocenters. The summed E-state index contributed by atoms with van der Waals surface area (Å²) in [5.41, 5.74) is 3.74. The van der Waals surface area contributed by atoms with Crippen LogP contribution in [0.2, 0.25) is 0 Å². The largest absolute Gasteiger partial charge is 0.376 e. The topological polar surface area (TPSA) is 52.7 Å². The number of fused-ring (bicyclic) bond motifs is 1. The lowest BCUT2D eigenvalue weighted by Gasteiger charge is -2.19. The Hall–Kier alpha value is -2.82. The van der Waals surface area contributed by atoms with E-state index in [-0.39, 0.29) is 18.4 Å². The SMILES string of the molecule is CCN(CC)C(=O)c1ccc(NCC(=O)N2CCc3ccccc32)cc1. The van der Waals surface area contributed by atoms with Crippen molar-refractivity contribution in [2.24, 2.45) is 0 Å². The summed E-state index contributed by atoms with van der Waals surface area (Å²) < 4.78 is 0. The molecule has 1 N–H and O–H groups in total. The highest BCUT2D eigenvalue weighted by Crippen LogP contribution is 2.27. The number of anilines is 2. The molecule has 2 aromatic rings. The lowest BCUT2D eigenvalue weighted by atomic mass is 10.1. The first-order valence-electron chi connectivity index (χ1n) is 9.15. The second-order valence-corrected chi connectivity index (χ2v) is 6.33. The Morgan fingerprint density at radius 2 is 1.73 bits per heavy atom. The van der Waals surface area contributed by atoms with Crippen molar-refractivity contribution in [1.29, 1.82) is 0 Å². The standard InChI is InChI=1S/C21H25N3O2/c1-3-23(4-2)21(26)17-9-11-18(12-10-17)22-15-20(25)24-14-13-16-7-5-6-8-19(16)24/h5-12,22H,3-4,13-15H2,1-2H3. The molecule has 0 fully saturated rings. The van der Waals surface area contributed by atoms with Crippen LogP contribution in [-0.4, -0.2) is 42.9 Å². The second-order valence-electron chi connectivity index (χ2n) is 6.33. The summed E-state index contributed by atoms with van der Waals surface area (Å²) >= 11 is 0. The van der Waals surface area contributed by atoms with E-state index < -0.39 is 0 Å². The number of nitrogens with one attached hydrogen (secondary N) is 1. The molecule has 26 heavy (non-hydrogen) atoms. The van der Waals surface area contributed by atoms with Crippen LogP contribution in [-0.2, 0) is 11.2 Å². The third-order valence-corrected chi connectivity index (χ3v) is 4.81. The zero-order valence-electron chi connectivity index (χ0n) is 15.4. The summed E-state index contributed by atoms with van der Waals surface area (Å²) in [6.07, 6.45) is 0.907. The molecule has 3 rings (SSSR count). The Morgan fingerprint density at radius 3 is 2.42 bits per heavy atom. The highest BCUT2D eigenvalue weighted by Gasteiger charge is 2.23. The van der Waals surface area contributed by atoms with E-state index in [1.54, 1.807) is 17.0 Å². The second kappa shape index (κ2) is 8.04. The Morgan fingerprint density at radius 1 is 1.04 bits per heavy atom. The maximum absolute atomic E-state index is 12.5. The lowest BCUT2D eigenvalue weighted by molar-refractivity contribution is -0.116. The van der Waals surface area contributed by atoms with Crippen molar-refractivity contribution in [2.45, 2.75) is 20.3 Å². The number of rotatable bonds is 6. The number of para-hydroxylation sites is 1. The van der Waals surface area contributed by atoms with Crippen LogP contribution in [0.25, 0.3) is 0 Å². The Bertz CT molecular complexity index is 782. The highest BCUT2D eigenvalue weighted by atomic mass is 16.2. The molecule has 0 saturated carbocycles. The van der Waals surface area contributed by atoms with Gasteiger partial charge in [-0.1, -0.05) is 18.2 Å². The predicted octanol–water partition coefficient (Wildman–Crippen LogP) is 3.17. The van der Waals surface area contributed by atoms with Crippen molar-refractivity contribution >= 4 is 23.2 Å². The third kappa shape index (κ3) is 3.72. The van der Waals surface area contributed by atoms with Gasteiger partial charge in [-0.05, 0) is 56.2 Å². The van der Waals surface area contributed by atoms with Crippen molar-refractivity contribution in [2.75, 3.05) is 36.4 Å². The van der Waals surface area contributed by atoms with Crippen molar-refractivity contribution in [1.82, 2.24) is 4.90 Å². The number of nitrogens with zero attached hydrogens (tertiary/aromatic N) is 2. The fourth-order valence-electron chi connectivity index (χ4n) is 3.29. The summed E-state index contributed by atoms with van der Waals surface area (Å²) in [4.78, 5) is 28.5. The number of benzene rings is 2. The Labute approximate surface area is 154 Å². The van der Waals surface area contributed by atoms with Crippen LogP contribution in [0.3, 0.4) is 0 Å². The van der Waals surface area contributed by atoms with Crippen molar-refractivity contribution < 1.29 is 9.59 Å². The molecular formula is C21H25N3O2. The highest BCUT2D eigenvalue weighted by molar-refractivity contribution is 5.98. The first-order chi connectivity index (χ1) is 12.6. The molecule has 0 bridgehead atoms. The molecule has 0 aliphatic carbocycles. The molecule has 0 saturated heterocycles. The molecule has 1 heterocycles. The summed E-state index contributed by atoms with van der Waals surface area (Å²) in [6.45, 7) is 6.30. The van der Waals surface area contributed by atoms with Crippen molar-refractivity contribution in [3.05, 3.63) is 59.7 Å². The normalized spacial score (nSPS) is 12.6. The summed E-state index contributed by atoms with van der Waals surface area (Å²) in [6, 6.07) is 15.3. The van der Waals surface area contributed by atoms with E-state index in [1.165, 1.54) is 5.56 Å². The molecule has 0 atom stereocenters. The molecule has 5 heteroatoms. The quantitative estimate of drug-likeness (QED) is 0.870. The molecule has 1 aliphatic heterocycles. The summed E-state index contributed by atoms with van der Waals surface area (Å²) in [5, 5.41) is 3.16. The molecule has 1 aliphatic rings. The van der Waals surface area contributed by atoms with Gasteiger partial charge in [0.15, 0.2) is 0 Å². The van der Waals surface area contributed by atoms with Gasteiger partial charge in [0.2, 0.25) is 5.91 Å². The number of amides is 2. The number of carbonyl (C=O) groups is 2.